The molecule has 0 fully saturated rings. The third-order valence-corrected chi connectivity index (χ3v) is 3.53. The number of aliphatic carboxylic acids is 1. The number of hydrogen-bond acceptors (Lipinski definition) is 3. The second-order valence-electron chi connectivity index (χ2n) is 5.33. The predicted molar refractivity (Wildman–Crippen MR) is 75.7 cm³/mol. The van der Waals surface area contributed by atoms with Gasteiger partial charge >= 0.3 is 5.97 Å². The topological polar surface area (TPSA) is 69.6 Å². The van der Waals surface area contributed by atoms with Crippen LogP contribution < -0.4 is 5.32 Å². The van der Waals surface area contributed by atoms with Gasteiger partial charge in [0, 0.05) is 18.2 Å². The Kier molecular flexibility index (Phi) is 4.39. The fraction of sp³-hybridized carbons (Fsp3) is 0.467. The average molecular weight is 276 g/mol. The second-order valence-corrected chi connectivity index (χ2v) is 5.33. The maximum Gasteiger partial charge on any atom is 0.323 e. The Labute approximate surface area is 118 Å². The number of carboxylic acids is 1. The first kappa shape index (κ1) is 14.5. The van der Waals surface area contributed by atoms with Crippen LogP contribution in [0.2, 0.25) is 0 Å². The number of carbonyl (C=O) groups excluding carboxylic acids is 1. The molecular formula is C15H20N2O3. The fourth-order valence-corrected chi connectivity index (χ4v) is 2.41. The van der Waals surface area contributed by atoms with Gasteiger partial charge in [-0.2, -0.15) is 0 Å². The highest BCUT2D eigenvalue weighted by atomic mass is 16.4. The quantitative estimate of drug-likeness (QED) is 0.869. The first-order valence-corrected chi connectivity index (χ1v) is 6.84. The lowest BCUT2D eigenvalue weighted by molar-refractivity contribution is -0.138. The molecule has 0 aliphatic carbocycles. The third-order valence-electron chi connectivity index (χ3n) is 3.53. The molecule has 0 atom stereocenters. The van der Waals surface area contributed by atoms with Gasteiger partial charge in [-0.1, -0.05) is 6.07 Å². The van der Waals surface area contributed by atoms with Gasteiger partial charge in [0.05, 0.1) is 0 Å². The summed E-state index contributed by atoms with van der Waals surface area (Å²) in [6.07, 6.45) is 0.965. The number of hydrogen-bond donors (Lipinski definition) is 2. The Balaban J connectivity index is 2.24. The number of benzene rings is 1. The highest BCUT2D eigenvalue weighted by Gasteiger charge is 2.22. The number of nitrogens with zero attached hydrogens (tertiary/aromatic N) is 1. The molecule has 20 heavy (non-hydrogen) atoms. The standard InChI is InChI=1S/C15H20N2O3/c1-10(2)17(9-14(18)19)15(20)12-4-3-11-5-6-16-8-13(11)7-12/h3-4,7,10,16H,5-6,8-9H2,1-2H3,(H,18,19). The van der Waals surface area contributed by atoms with E-state index in [0.717, 1.165) is 25.1 Å². The fourth-order valence-electron chi connectivity index (χ4n) is 2.41. The van der Waals surface area contributed by atoms with E-state index in [9.17, 15) is 9.59 Å². The van der Waals surface area contributed by atoms with Crippen molar-refractivity contribution < 1.29 is 14.7 Å². The highest BCUT2D eigenvalue weighted by molar-refractivity contribution is 5.96. The van der Waals surface area contributed by atoms with E-state index in [-0.39, 0.29) is 18.5 Å². The minimum atomic E-state index is -0.994. The van der Waals surface area contributed by atoms with Crippen LogP contribution in [0.3, 0.4) is 0 Å². The number of carboxylic acid groups (broad SMARTS) is 1. The van der Waals surface area contributed by atoms with E-state index in [0.29, 0.717) is 5.56 Å². The van der Waals surface area contributed by atoms with E-state index in [2.05, 4.69) is 5.32 Å². The summed E-state index contributed by atoms with van der Waals surface area (Å²) in [4.78, 5) is 24.7. The average Bonchev–Trinajstić information content (AvgIpc) is 2.43. The van der Waals surface area contributed by atoms with Crippen LogP contribution in [-0.4, -0.2) is 41.0 Å². The van der Waals surface area contributed by atoms with Crippen LogP contribution in [0.15, 0.2) is 18.2 Å². The number of fused-ring (bicyclic) bond motifs is 1. The molecule has 1 aliphatic heterocycles. The zero-order chi connectivity index (χ0) is 14.7. The smallest absolute Gasteiger partial charge is 0.323 e. The minimum absolute atomic E-state index is 0.146. The molecule has 0 saturated heterocycles. The van der Waals surface area contributed by atoms with Crippen LogP contribution in [0.5, 0.6) is 0 Å². The Morgan fingerprint density at radius 3 is 2.75 bits per heavy atom. The van der Waals surface area contributed by atoms with Gasteiger partial charge in [0.25, 0.3) is 5.91 Å². The Hall–Kier alpha value is -1.88. The van der Waals surface area contributed by atoms with Crippen molar-refractivity contribution in [1.29, 1.82) is 0 Å². The number of carbonyl (C=O) groups is 2. The maximum atomic E-state index is 12.4. The zero-order valence-corrected chi connectivity index (χ0v) is 11.8. The van der Waals surface area contributed by atoms with Crippen molar-refractivity contribution >= 4 is 11.9 Å². The Morgan fingerprint density at radius 1 is 1.35 bits per heavy atom. The van der Waals surface area contributed by atoms with Gasteiger partial charge < -0.3 is 15.3 Å². The van der Waals surface area contributed by atoms with Gasteiger partial charge in [0.15, 0.2) is 0 Å². The van der Waals surface area contributed by atoms with Crippen LogP contribution in [0.25, 0.3) is 0 Å². The molecule has 0 saturated carbocycles. The minimum Gasteiger partial charge on any atom is -0.480 e. The molecule has 1 amide bonds. The SMILES string of the molecule is CC(C)N(CC(=O)O)C(=O)c1ccc2c(c1)CNCC2. The summed E-state index contributed by atoms with van der Waals surface area (Å²) < 4.78 is 0. The number of amides is 1. The summed E-state index contributed by atoms with van der Waals surface area (Å²) in [6.45, 7) is 5.09. The third kappa shape index (κ3) is 3.17. The van der Waals surface area contributed by atoms with E-state index in [1.54, 1.807) is 6.07 Å². The van der Waals surface area contributed by atoms with Crippen LogP contribution in [0, 0.1) is 0 Å². The molecule has 1 aromatic carbocycles. The van der Waals surface area contributed by atoms with E-state index in [1.807, 2.05) is 26.0 Å². The largest absolute Gasteiger partial charge is 0.480 e. The Morgan fingerprint density at radius 2 is 2.10 bits per heavy atom. The van der Waals surface area contributed by atoms with E-state index >= 15 is 0 Å². The van der Waals surface area contributed by atoms with E-state index in [1.165, 1.54) is 10.5 Å². The lowest BCUT2D eigenvalue weighted by atomic mass is 9.98. The van der Waals surface area contributed by atoms with Gasteiger partial charge in [-0.3, -0.25) is 9.59 Å². The monoisotopic (exact) mass is 276 g/mol. The van der Waals surface area contributed by atoms with Gasteiger partial charge in [-0.05, 0) is 50.1 Å². The molecule has 5 heteroatoms. The Bertz CT molecular complexity index is 526. The van der Waals surface area contributed by atoms with Crippen LogP contribution in [0.4, 0.5) is 0 Å². The van der Waals surface area contributed by atoms with Gasteiger partial charge in [0.1, 0.15) is 6.54 Å². The highest BCUT2D eigenvalue weighted by Crippen LogP contribution is 2.18. The summed E-state index contributed by atoms with van der Waals surface area (Å²) in [5, 5.41) is 12.2. The maximum absolute atomic E-state index is 12.4. The van der Waals surface area contributed by atoms with Crippen molar-refractivity contribution in [3.63, 3.8) is 0 Å². The molecule has 1 heterocycles. The van der Waals surface area contributed by atoms with Crippen LogP contribution >= 0.6 is 0 Å². The summed E-state index contributed by atoms with van der Waals surface area (Å²) in [6, 6.07) is 5.50. The zero-order valence-electron chi connectivity index (χ0n) is 11.8. The summed E-state index contributed by atoms with van der Waals surface area (Å²) in [5.41, 5.74) is 2.94. The van der Waals surface area contributed by atoms with Gasteiger partial charge in [-0.15, -0.1) is 0 Å². The van der Waals surface area contributed by atoms with Crippen LogP contribution in [0.1, 0.15) is 35.3 Å². The molecule has 0 aromatic heterocycles. The van der Waals surface area contributed by atoms with Crippen molar-refractivity contribution in [1.82, 2.24) is 10.2 Å². The van der Waals surface area contributed by atoms with Crippen LogP contribution in [-0.2, 0) is 17.8 Å². The lowest BCUT2D eigenvalue weighted by Gasteiger charge is -2.26. The van der Waals surface area contributed by atoms with E-state index < -0.39 is 5.97 Å². The molecule has 0 bridgehead atoms. The van der Waals surface area contributed by atoms with E-state index in [4.69, 9.17) is 5.11 Å². The first-order valence-electron chi connectivity index (χ1n) is 6.84. The normalized spacial score (nSPS) is 13.9. The summed E-state index contributed by atoms with van der Waals surface area (Å²) >= 11 is 0. The molecule has 0 radical (unpaired) electrons. The van der Waals surface area contributed by atoms with Crippen molar-refractivity contribution in [2.24, 2.45) is 0 Å². The molecule has 2 N–H and O–H groups in total. The molecule has 0 unspecified atom stereocenters. The van der Waals surface area contributed by atoms with Crippen molar-refractivity contribution in [3.05, 3.63) is 34.9 Å². The summed E-state index contributed by atoms with van der Waals surface area (Å²) in [5.74, 6) is -1.22. The van der Waals surface area contributed by atoms with Gasteiger partial charge in [0.2, 0.25) is 0 Å². The second kappa shape index (κ2) is 6.05. The molecule has 108 valence electrons. The number of nitrogens with one attached hydrogen (secondary N) is 1. The molecule has 0 spiro atoms. The number of rotatable bonds is 4. The molecule has 1 aromatic rings. The van der Waals surface area contributed by atoms with Crippen molar-refractivity contribution in [3.8, 4) is 0 Å². The molecule has 1 aliphatic rings. The van der Waals surface area contributed by atoms with Crippen molar-refractivity contribution in [2.75, 3.05) is 13.1 Å². The molecule has 2 rings (SSSR count). The van der Waals surface area contributed by atoms with Crippen molar-refractivity contribution in [2.45, 2.75) is 32.9 Å². The van der Waals surface area contributed by atoms with Gasteiger partial charge in [-0.25, -0.2) is 0 Å². The molecule has 5 nitrogen and oxygen atoms in total. The lowest BCUT2D eigenvalue weighted by Crippen LogP contribution is -2.40. The first-order chi connectivity index (χ1) is 9.49. The molecular weight excluding hydrogens is 256 g/mol. The predicted octanol–water partition coefficient (Wildman–Crippen LogP) is 1.27. The summed E-state index contributed by atoms with van der Waals surface area (Å²) in [7, 11) is 0.